The summed E-state index contributed by atoms with van der Waals surface area (Å²) in [5.41, 5.74) is 2.04. The fourth-order valence-electron chi connectivity index (χ4n) is 6.06. The summed E-state index contributed by atoms with van der Waals surface area (Å²) in [6, 6.07) is 8.35. The fraction of sp³-hybridized carbons (Fsp3) is 0.719. The summed E-state index contributed by atoms with van der Waals surface area (Å²) in [5.74, 6) is 1.60. The van der Waals surface area contributed by atoms with E-state index in [2.05, 4.69) is 46.7 Å². The summed E-state index contributed by atoms with van der Waals surface area (Å²) in [6.45, 7) is 10.7. The Balaban J connectivity index is 1.33. The molecule has 3 fully saturated rings. The molecule has 0 aromatic heterocycles. The number of piperidine rings is 1. The van der Waals surface area contributed by atoms with Crippen LogP contribution in [0.2, 0.25) is 0 Å². The molecule has 2 amide bonds. The normalized spacial score (nSPS) is 21.9. The molecule has 9 heteroatoms. The van der Waals surface area contributed by atoms with Gasteiger partial charge in [0.15, 0.2) is 0 Å². The van der Waals surface area contributed by atoms with Crippen molar-refractivity contribution < 1.29 is 14.3 Å². The van der Waals surface area contributed by atoms with Crippen molar-refractivity contribution in [2.24, 2.45) is 5.92 Å². The zero-order valence-corrected chi connectivity index (χ0v) is 27.1. The maximum absolute atomic E-state index is 13.6. The third kappa shape index (κ3) is 10.1. The van der Waals surface area contributed by atoms with E-state index in [-0.39, 0.29) is 11.9 Å². The van der Waals surface area contributed by atoms with Gasteiger partial charge in [-0.3, -0.25) is 14.6 Å². The van der Waals surface area contributed by atoms with E-state index in [1.807, 2.05) is 20.8 Å². The van der Waals surface area contributed by atoms with E-state index < -0.39 is 17.7 Å². The molecule has 41 heavy (non-hydrogen) atoms. The number of likely N-dealkylation sites (tertiary alicyclic amines) is 1. The highest BCUT2D eigenvalue weighted by Gasteiger charge is 2.38. The van der Waals surface area contributed by atoms with Crippen LogP contribution in [0, 0.1) is 12.8 Å². The molecular weight excluding hydrogens is 553 g/mol. The summed E-state index contributed by atoms with van der Waals surface area (Å²) in [5, 5.41) is 6.90. The number of aryl methyl sites for hydroxylation is 1. The summed E-state index contributed by atoms with van der Waals surface area (Å²) in [7, 11) is 0. The second-order valence-corrected chi connectivity index (χ2v) is 14.6. The first-order valence-electron chi connectivity index (χ1n) is 15.5. The summed E-state index contributed by atoms with van der Waals surface area (Å²) in [6.07, 6.45) is 10.0. The van der Waals surface area contributed by atoms with E-state index >= 15 is 0 Å². The molecule has 1 aromatic rings. The van der Waals surface area contributed by atoms with E-state index in [0.717, 1.165) is 50.3 Å². The van der Waals surface area contributed by atoms with Crippen molar-refractivity contribution in [2.45, 2.75) is 116 Å². The number of nitrogens with zero attached hydrogens (tertiary/aromatic N) is 2. The molecule has 1 aromatic carbocycles. The van der Waals surface area contributed by atoms with Crippen LogP contribution in [0.1, 0.15) is 89.7 Å². The molecule has 1 aliphatic carbocycles. The van der Waals surface area contributed by atoms with Crippen molar-refractivity contribution in [1.29, 1.82) is 0 Å². The number of ether oxygens (including phenoxy) is 1. The van der Waals surface area contributed by atoms with Gasteiger partial charge in [-0.2, -0.15) is 0 Å². The zero-order chi connectivity index (χ0) is 29.4. The van der Waals surface area contributed by atoms with E-state index in [9.17, 15) is 9.59 Å². The van der Waals surface area contributed by atoms with Gasteiger partial charge in [0.1, 0.15) is 11.6 Å². The largest absolute Gasteiger partial charge is 0.444 e. The number of carbonyl (C=O) groups excluding carboxylic acids is 2. The Bertz CT molecular complexity index is 1010. The van der Waals surface area contributed by atoms with Crippen LogP contribution in [0.15, 0.2) is 24.3 Å². The molecule has 0 unspecified atom stereocenters. The molecule has 0 radical (unpaired) electrons. The van der Waals surface area contributed by atoms with Crippen LogP contribution in [0.5, 0.6) is 0 Å². The first-order valence-corrected chi connectivity index (χ1v) is 17.1. The number of hydrogen-bond donors (Lipinski definition) is 2. The average molecular weight is 603 g/mol. The Labute approximate surface area is 256 Å². The molecule has 1 saturated carbocycles. The lowest BCUT2D eigenvalue weighted by molar-refractivity contribution is -0.125. The number of thiocarbonyl (C=S) groups is 1. The highest BCUT2D eigenvalue weighted by Crippen LogP contribution is 2.29. The van der Waals surface area contributed by atoms with Crippen LogP contribution >= 0.6 is 24.0 Å². The standard InChI is InChI=1S/C32H50N4O3S2/c1-23-10-12-25(13-11-23)20-35-18-16-26(17-19-35)33-30(40)27(15-14-24-8-6-5-7-9-24)34-29(37)28-21-41-22-36(28)31(38)39-32(2,3)4/h10-13,24,26-28H,5-9,14-22H2,1-4H3,(H,33,40)(H,34,37)/t27-,28+/m1/s1. The van der Waals surface area contributed by atoms with Crippen LogP contribution in [0.3, 0.4) is 0 Å². The maximum Gasteiger partial charge on any atom is 0.411 e. The average Bonchev–Trinajstić information content (AvgIpc) is 3.44. The monoisotopic (exact) mass is 602 g/mol. The third-order valence-corrected chi connectivity index (χ3v) is 9.91. The molecule has 0 spiro atoms. The lowest BCUT2D eigenvalue weighted by Gasteiger charge is -2.35. The number of carbonyl (C=O) groups is 2. The number of amides is 2. The minimum Gasteiger partial charge on any atom is -0.444 e. The van der Waals surface area contributed by atoms with Gasteiger partial charge in [-0.05, 0) is 64.9 Å². The molecule has 2 N–H and O–H groups in total. The van der Waals surface area contributed by atoms with Gasteiger partial charge in [-0.25, -0.2) is 4.79 Å². The Kier molecular flexibility index (Phi) is 11.8. The Morgan fingerprint density at radius 1 is 1.07 bits per heavy atom. The molecule has 228 valence electrons. The van der Waals surface area contributed by atoms with Crippen molar-refractivity contribution in [3.8, 4) is 0 Å². The maximum atomic E-state index is 13.6. The topological polar surface area (TPSA) is 73.9 Å². The van der Waals surface area contributed by atoms with Crippen molar-refractivity contribution >= 4 is 41.0 Å². The molecule has 2 atom stereocenters. The van der Waals surface area contributed by atoms with Crippen LogP contribution < -0.4 is 10.6 Å². The predicted octanol–water partition coefficient (Wildman–Crippen LogP) is 6.03. The molecule has 0 bridgehead atoms. The Hall–Kier alpha value is -1.84. The third-order valence-electron chi connectivity index (χ3n) is 8.50. The van der Waals surface area contributed by atoms with Crippen LogP contribution in [0.25, 0.3) is 0 Å². The Morgan fingerprint density at radius 2 is 1.76 bits per heavy atom. The second-order valence-electron chi connectivity index (χ2n) is 13.2. The lowest BCUT2D eigenvalue weighted by Crippen LogP contribution is -2.55. The molecule has 2 saturated heterocycles. The first-order chi connectivity index (χ1) is 19.6. The highest BCUT2D eigenvalue weighted by atomic mass is 32.2. The fourth-order valence-corrected chi connectivity index (χ4v) is 7.55. The molecule has 7 nitrogen and oxygen atoms in total. The van der Waals surface area contributed by atoms with Crippen molar-refractivity contribution in [3.63, 3.8) is 0 Å². The second kappa shape index (κ2) is 15.1. The molecular formula is C32H50N4O3S2. The zero-order valence-electron chi connectivity index (χ0n) is 25.5. The predicted molar refractivity (Wildman–Crippen MR) is 172 cm³/mol. The molecule has 4 rings (SSSR count). The number of rotatable bonds is 9. The summed E-state index contributed by atoms with van der Waals surface area (Å²) >= 11 is 7.55. The number of nitrogens with one attached hydrogen (secondary N) is 2. The van der Waals surface area contributed by atoms with Crippen LogP contribution in [-0.4, -0.2) is 75.2 Å². The first kappa shape index (κ1) is 32.1. The summed E-state index contributed by atoms with van der Waals surface area (Å²) < 4.78 is 5.58. The van der Waals surface area contributed by atoms with E-state index in [1.165, 1.54) is 43.2 Å². The van der Waals surface area contributed by atoms with E-state index in [1.54, 1.807) is 16.7 Å². The van der Waals surface area contributed by atoms with Gasteiger partial charge in [0.2, 0.25) is 5.91 Å². The number of hydrogen-bond acceptors (Lipinski definition) is 6. The Morgan fingerprint density at radius 3 is 2.41 bits per heavy atom. The van der Waals surface area contributed by atoms with Gasteiger partial charge in [0, 0.05) is 31.4 Å². The highest BCUT2D eigenvalue weighted by molar-refractivity contribution is 7.99. The molecule has 2 heterocycles. The minimum absolute atomic E-state index is 0.133. The quantitative estimate of drug-likeness (QED) is 0.334. The van der Waals surface area contributed by atoms with Crippen LogP contribution in [-0.2, 0) is 16.1 Å². The summed E-state index contributed by atoms with van der Waals surface area (Å²) in [4.78, 5) is 31.2. The minimum atomic E-state index is -0.602. The SMILES string of the molecule is Cc1ccc(CN2CCC(NC(=S)[C@@H](CCC3CCCCC3)NC(=O)[C@@H]3CSCN3C(=O)OC(C)(C)C)CC2)cc1. The van der Waals surface area contributed by atoms with E-state index in [4.69, 9.17) is 17.0 Å². The molecule has 2 aliphatic heterocycles. The van der Waals surface area contributed by atoms with Crippen molar-refractivity contribution in [3.05, 3.63) is 35.4 Å². The number of benzene rings is 1. The number of thioether (sulfide) groups is 1. The van der Waals surface area contributed by atoms with Gasteiger partial charge in [-0.1, -0.05) is 74.2 Å². The van der Waals surface area contributed by atoms with Gasteiger partial charge >= 0.3 is 6.09 Å². The molecule has 3 aliphatic rings. The smallest absolute Gasteiger partial charge is 0.411 e. The van der Waals surface area contributed by atoms with Crippen LogP contribution in [0.4, 0.5) is 4.79 Å². The van der Waals surface area contributed by atoms with Gasteiger partial charge in [0.25, 0.3) is 0 Å². The van der Waals surface area contributed by atoms with Crippen molar-refractivity contribution in [2.75, 3.05) is 24.7 Å². The van der Waals surface area contributed by atoms with Gasteiger partial charge in [-0.15, -0.1) is 11.8 Å². The van der Waals surface area contributed by atoms with Gasteiger partial charge in [0.05, 0.1) is 16.9 Å². The lowest BCUT2D eigenvalue weighted by atomic mass is 9.85. The van der Waals surface area contributed by atoms with Crippen molar-refractivity contribution in [1.82, 2.24) is 20.4 Å². The van der Waals surface area contributed by atoms with E-state index in [0.29, 0.717) is 23.6 Å². The van der Waals surface area contributed by atoms with Gasteiger partial charge < -0.3 is 15.4 Å².